The molecule has 3 N–H and O–H groups in total. The molecule has 0 unspecified atom stereocenters. The van der Waals surface area contributed by atoms with Crippen LogP contribution in [0.2, 0.25) is 0 Å². The summed E-state index contributed by atoms with van der Waals surface area (Å²) in [5.41, 5.74) is 2.29. The van der Waals surface area contributed by atoms with E-state index < -0.39 is 12.1 Å². The van der Waals surface area contributed by atoms with Gasteiger partial charge in [0.1, 0.15) is 17.8 Å². The van der Waals surface area contributed by atoms with Gasteiger partial charge in [-0.3, -0.25) is 28.8 Å². The fourth-order valence-electron chi connectivity index (χ4n) is 8.26. The number of fused-ring (bicyclic) bond motifs is 5. The van der Waals surface area contributed by atoms with Crippen LogP contribution in [0.4, 0.5) is 0 Å². The highest BCUT2D eigenvalue weighted by atomic mass is 16.2. The van der Waals surface area contributed by atoms with Crippen molar-refractivity contribution in [3.63, 3.8) is 0 Å². The van der Waals surface area contributed by atoms with Crippen molar-refractivity contribution >= 4 is 23.6 Å². The Morgan fingerprint density at radius 2 is 1.70 bits per heavy atom. The zero-order valence-corrected chi connectivity index (χ0v) is 27.2. The smallest absolute Gasteiger partial charge is 0.270 e. The van der Waals surface area contributed by atoms with Gasteiger partial charge in [0.2, 0.25) is 17.7 Å². The largest absolute Gasteiger partial charge is 0.350 e. The van der Waals surface area contributed by atoms with Crippen molar-refractivity contribution in [2.75, 3.05) is 19.6 Å². The lowest BCUT2D eigenvalue weighted by molar-refractivity contribution is -0.139. The Morgan fingerprint density at radius 3 is 2.41 bits per heavy atom. The quantitative estimate of drug-likeness (QED) is 0.350. The fraction of sp³-hybridized carbons (Fsp3) is 0.629. The van der Waals surface area contributed by atoms with Crippen LogP contribution in [0.3, 0.4) is 0 Å². The summed E-state index contributed by atoms with van der Waals surface area (Å²) in [5, 5.41) is 13.1. The SMILES string of the molecule is CCC(=O)N[C@H](Cc1ccc(CNC(=O)[C@@H](NC(=O)c2ccnn2C)C2CCCCC2)cc1)C(=O)N1CCN2[C@H]3CC[C@H](C3)[C@H]2C1. The van der Waals surface area contributed by atoms with E-state index in [2.05, 4.69) is 25.9 Å². The highest BCUT2D eigenvalue weighted by Gasteiger charge is 2.48. The first-order chi connectivity index (χ1) is 22.3. The molecule has 2 aromatic rings. The molecule has 248 valence electrons. The molecule has 5 atom stereocenters. The van der Waals surface area contributed by atoms with Crippen LogP contribution in [-0.2, 0) is 34.4 Å². The lowest BCUT2D eigenvalue weighted by atomic mass is 9.83. The molecule has 6 rings (SSSR count). The maximum absolute atomic E-state index is 13.8. The van der Waals surface area contributed by atoms with E-state index in [0.29, 0.717) is 49.6 Å². The van der Waals surface area contributed by atoms with E-state index in [-0.39, 0.29) is 29.5 Å². The number of aromatic nitrogens is 2. The van der Waals surface area contributed by atoms with Gasteiger partial charge < -0.3 is 20.9 Å². The fourth-order valence-corrected chi connectivity index (χ4v) is 8.26. The summed E-state index contributed by atoms with van der Waals surface area (Å²) in [5.74, 6) is 0.170. The van der Waals surface area contributed by atoms with Crippen LogP contribution in [0.15, 0.2) is 36.5 Å². The third-order valence-electron chi connectivity index (χ3n) is 10.9. The molecule has 0 radical (unpaired) electrons. The summed E-state index contributed by atoms with van der Waals surface area (Å²) < 4.78 is 1.51. The van der Waals surface area contributed by atoms with Gasteiger partial charge in [0.15, 0.2) is 0 Å². The summed E-state index contributed by atoms with van der Waals surface area (Å²) >= 11 is 0. The molecular formula is C35H49N7O4. The highest BCUT2D eigenvalue weighted by molar-refractivity contribution is 5.96. The highest BCUT2D eigenvalue weighted by Crippen LogP contribution is 2.43. The zero-order valence-electron chi connectivity index (χ0n) is 27.2. The molecule has 2 aliphatic carbocycles. The van der Waals surface area contributed by atoms with Gasteiger partial charge in [-0.1, -0.05) is 50.5 Å². The van der Waals surface area contributed by atoms with E-state index >= 15 is 0 Å². The Labute approximate surface area is 271 Å². The molecule has 2 aliphatic heterocycles. The van der Waals surface area contributed by atoms with Crippen molar-refractivity contribution in [3.8, 4) is 0 Å². The summed E-state index contributed by atoms with van der Waals surface area (Å²) in [7, 11) is 1.71. The van der Waals surface area contributed by atoms with Crippen molar-refractivity contribution in [3.05, 3.63) is 53.3 Å². The topological polar surface area (TPSA) is 129 Å². The Hall–Kier alpha value is -3.73. The number of benzene rings is 1. The second-order valence-electron chi connectivity index (χ2n) is 13.7. The predicted octanol–water partition coefficient (Wildman–Crippen LogP) is 2.55. The molecule has 2 saturated carbocycles. The van der Waals surface area contributed by atoms with Crippen molar-refractivity contribution in [2.24, 2.45) is 18.9 Å². The van der Waals surface area contributed by atoms with Crippen LogP contribution in [-0.4, -0.2) is 87.0 Å². The number of rotatable bonds is 11. The van der Waals surface area contributed by atoms with Gasteiger partial charge in [-0.05, 0) is 61.1 Å². The number of hydrogen-bond acceptors (Lipinski definition) is 6. The predicted molar refractivity (Wildman–Crippen MR) is 173 cm³/mol. The summed E-state index contributed by atoms with van der Waals surface area (Å²) in [6.45, 7) is 4.51. The number of aryl methyl sites for hydroxylation is 1. The molecule has 4 amide bonds. The Bertz CT molecular complexity index is 1400. The minimum atomic E-state index is -0.614. The number of piperidine rings is 1. The van der Waals surface area contributed by atoms with Gasteiger partial charge in [-0.2, -0.15) is 5.10 Å². The standard InChI is InChI=1S/C35H49N7O4/c1-3-31(43)38-28(35(46)41-17-18-42-27-14-13-26(20-27)30(42)22-41)19-23-9-11-24(12-10-23)21-36-34(45)32(25-7-5-4-6-8-25)39-33(44)29-15-16-37-40(29)2/h9-12,15-16,25-28,30,32H,3-8,13-14,17-22H2,1-2H3,(H,36,45)(H,38,43)(H,39,44)/t26-,27+,28-,30-,32+/m1/s1. The second kappa shape index (κ2) is 14.4. The first-order valence-corrected chi connectivity index (χ1v) is 17.3. The average Bonchev–Trinajstić information content (AvgIpc) is 3.83. The molecule has 11 nitrogen and oxygen atoms in total. The van der Waals surface area contributed by atoms with Crippen LogP contribution in [0.25, 0.3) is 0 Å². The number of carbonyl (C=O) groups excluding carboxylic acids is 4. The number of nitrogens with one attached hydrogen (secondary N) is 3. The van der Waals surface area contributed by atoms with E-state index in [4.69, 9.17) is 0 Å². The first kappa shape index (κ1) is 32.2. The molecule has 1 aromatic carbocycles. The van der Waals surface area contributed by atoms with Gasteiger partial charge in [0.25, 0.3) is 5.91 Å². The Kier molecular flexibility index (Phi) is 10.1. The monoisotopic (exact) mass is 631 g/mol. The third-order valence-corrected chi connectivity index (χ3v) is 10.9. The van der Waals surface area contributed by atoms with Gasteiger partial charge in [0, 0.05) is 64.3 Å². The average molecular weight is 632 g/mol. The molecular weight excluding hydrogens is 582 g/mol. The molecule has 3 heterocycles. The van der Waals surface area contributed by atoms with Gasteiger partial charge >= 0.3 is 0 Å². The van der Waals surface area contributed by atoms with Crippen LogP contribution in [0.1, 0.15) is 86.3 Å². The van der Waals surface area contributed by atoms with Crippen LogP contribution in [0.5, 0.6) is 0 Å². The van der Waals surface area contributed by atoms with E-state index in [9.17, 15) is 19.2 Å². The summed E-state index contributed by atoms with van der Waals surface area (Å²) in [6, 6.07) is 9.42. The number of piperazine rings is 1. The van der Waals surface area contributed by atoms with Gasteiger partial charge in [-0.25, -0.2) is 0 Å². The van der Waals surface area contributed by atoms with E-state index in [0.717, 1.165) is 56.3 Å². The van der Waals surface area contributed by atoms with E-state index in [1.165, 1.54) is 23.9 Å². The first-order valence-electron chi connectivity index (χ1n) is 17.3. The Balaban J connectivity index is 1.06. The molecule has 0 spiro atoms. The second-order valence-corrected chi connectivity index (χ2v) is 13.7. The molecule has 2 saturated heterocycles. The van der Waals surface area contributed by atoms with Crippen LogP contribution >= 0.6 is 0 Å². The Morgan fingerprint density at radius 1 is 0.935 bits per heavy atom. The molecule has 4 fully saturated rings. The molecule has 11 heteroatoms. The van der Waals surface area contributed by atoms with Crippen molar-refractivity contribution in [2.45, 2.75) is 102 Å². The number of hydrogen-bond donors (Lipinski definition) is 3. The maximum Gasteiger partial charge on any atom is 0.270 e. The molecule has 2 bridgehead atoms. The van der Waals surface area contributed by atoms with Crippen LogP contribution in [0, 0.1) is 11.8 Å². The molecule has 46 heavy (non-hydrogen) atoms. The lowest BCUT2D eigenvalue weighted by Gasteiger charge is -2.44. The maximum atomic E-state index is 13.8. The number of amides is 4. The normalized spacial score (nSPS) is 24.2. The van der Waals surface area contributed by atoms with Crippen molar-refractivity contribution in [1.82, 2.24) is 35.5 Å². The molecule has 1 aromatic heterocycles. The third kappa shape index (κ3) is 7.14. The number of carbonyl (C=O) groups is 4. The number of nitrogens with zero attached hydrogens (tertiary/aromatic N) is 4. The minimum absolute atomic E-state index is 0.00230. The zero-order chi connectivity index (χ0) is 32.2. The van der Waals surface area contributed by atoms with Crippen molar-refractivity contribution < 1.29 is 19.2 Å². The van der Waals surface area contributed by atoms with Gasteiger partial charge in [0.05, 0.1) is 0 Å². The molecule has 4 aliphatic rings. The lowest BCUT2D eigenvalue weighted by Crippen LogP contribution is -2.60. The summed E-state index contributed by atoms with van der Waals surface area (Å²) in [6.07, 6.45) is 11.2. The van der Waals surface area contributed by atoms with Crippen LogP contribution < -0.4 is 16.0 Å². The van der Waals surface area contributed by atoms with E-state index in [1.54, 1.807) is 26.2 Å². The summed E-state index contributed by atoms with van der Waals surface area (Å²) in [4.78, 5) is 57.2. The minimum Gasteiger partial charge on any atom is -0.350 e. The van der Waals surface area contributed by atoms with Crippen molar-refractivity contribution in [1.29, 1.82) is 0 Å². The van der Waals surface area contributed by atoms with E-state index in [1.807, 2.05) is 29.2 Å². The van der Waals surface area contributed by atoms with Gasteiger partial charge in [-0.15, -0.1) is 0 Å².